The van der Waals surface area contributed by atoms with Crippen LogP contribution in [0.1, 0.15) is 10.5 Å². The zero-order chi connectivity index (χ0) is 22.2. The molecule has 0 saturated heterocycles. The molecule has 3 heterocycles. The van der Waals surface area contributed by atoms with Gasteiger partial charge in [-0.15, -0.1) is 5.10 Å². The Kier molecular flexibility index (Phi) is 4.48. The molecule has 0 saturated carbocycles. The largest absolute Gasteiger partial charge is 0.505 e. The molecule has 0 aliphatic carbocycles. The van der Waals surface area contributed by atoms with Crippen molar-refractivity contribution in [1.82, 2.24) is 34.9 Å². The van der Waals surface area contributed by atoms with E-state index in [-0.39, 0.29) is 11.4 Å². The monoisotopic (exact) mass is 429 g/mol. The van der Waals surface area contributed by atoms with Gasteiger partial charge in [-0.1, -0.05) is 41.6 Å². The lowest BCUT2D eigenvalue weighted by Crippen LogP contribution is -2.31. The zero-order valence-corrected chi connectivity index (χ0v) is 16.4. The summed E-state index contributed by atoms with van der Waals surface area (Å²) in [6, 6.07) is 14.6. The number of para-hydroxylation sites is 1. The summed E-state index contributed by atoms with van der Waals surface area (Å²) in [7, 11) is 0. The highest BCUT2D eigenvalue weighted by atomic mass is 16.4. The number of carboxylic acids is 1. The third-order valence-electron chi connectivity index (χ3n) is 4.93. The highest BCUT2D eigenvalue weighted by Gasteiger charge is 2.24. The number of aliphatic carboxylic acids is 1. The predicted molar refractivity (Wildman–Crippen MR) is 112 cm³/mol. The maximum absolute atomic E-state index is 12.6. The van der Waals surface area contributed by atoms with Crippen molar-refractivity contribution >= 4 is 28.3 Å². The Labute approximate surface area is 179 Å². The van der Waals surface area contributed by atoms with Gasteiger partial charge in [-0.2, -0.15) is 5.10 Å². The summed E-state index contributed by atoms with van der Waals surface area (Å²) < 4.78 is 2.81. The number of hydrogen-bond donors (Lipinski definition) is 3. The van der Waals surface area contributed by atoms with Crippen molar-refractivity contribution in [2.45, 2.75) is 0 Å². The van der Waals surface area contributed by atoms with Crippen LogP contribution in [-0.2, 0) is 4.79 Å². The molecule has 3 N–H and O–H groups in total. The molecular formula is C21H15N7O4. The molecule has 0 atom stereocenters. The Morgan fingerprint density at radius 2 is 1.88 bits per heavy atom. The zero-order valence-electron chi connectivity index (χ0n) is 16.4. The number of amides is 1. The Morgan fingerprint density at radius 3 is 2.66 bits per heavy atom. The number of rotatable bonds is 5. The number of hydrogen-bond acceptors (Lipinski definition) is 7. The number of carboxylic acid groups (broad SMARTS) is 1. The van der Waals surface area contributed by atoms with Gasteiger partial charge in [0.25, 0.3) is 5.91 Å². The van der Waals surface area contributed by atoms with E-state index in [0.717, 1.165) is 5.69 Å². The molecule has 3 aromatic heterocycles. The molecule has 0 radical (unpaired) electrons. The van der Waals surface area contributed by atoms with Gasteiger partial charge in [0.15, 0.2) is 17.1 Å². The predicted octanol–water partition coefficient (Wildman–Crippen LogP) is 1.65. The molecule has 0 bridgehead atoms. The second kappa shape index (κ2) is 7.47. The number of aromatic hydroxyl groups is 1. The maximum Gasteiger partial charge on any atom is 0.322 e. The lowest BCUT2D eigenvalue weighted by molar-refractivity contribution is -0.135. The maximum atomic E-state index is 12.6. The first-order valence-electron chi connectivity index (χ1n) is 9.50. The molecule has 5 aromatic rings. The van der Waals surface area contributed by atoms with E-state index in [4.69, 9.17) is 5.11 Å². The molecule has 11 heteroatoms. The first-order chi connectivity index (χ1) is 15.5. The molecule has 32 heavy (non-hydrogen) atoms. The van der Waals surface area contributed by atoms with Gasteiger partial charge in [-0.3, -0.25) is 9.59 Å². The standard InChI is InChI=1S/C21H15N7O4/c29-16(30)9-22-21(32)18-19(31)14-8-4-7-13(17(14)20-23-11-24-28(18)20)15-10-27(26-25-15)12-5-2-1-3-6-12/h1-8,10-11,31H,9H2,(H,22,32)(H,29,30). The van der Waals surface area contributed by atoms with Crippen molar-refractivity contribution in [2.24, 2.45) is 0 Å². The number of fused-ring (bicyclic) bond motifs is 3. The quantitative estimate of drug-likeness (QED) is 0.382. The Morgan fingerprint density at radius 1 is 1.06 bits per heavy atom. The van der Waals surface area contributed by atoms with E-state index in [1.807, 2.05) is 30.3 Å². The molecule has 0 unspecified atom stereocenters. The summed E-state index contributed by atoms with van der Waals surface area (Å²) in [6.07, 6.45) is 3.00. The van der Waals surface area contributed by atoms with Crippen molar-refractivity contribution in [1.29, 1.82) is 0 Å². The average Bonchev–Trinajstić information content (AvgIpc) is 3.48. The fourth-order valence-corrected chi connectivity index (χ4v) is 3.54. The number of nitrogens with zero attached hydrogens (tertiary/aromatic N) is 6. The second-order valence-electron chi connectivity index (χ2n) is 6.88. The molecule has 158 valence electrons. The fourth-order valence-electron chi connectivity index (χ4n) is 3.54. The summed E-state index contributed by atoms with van der Waals surface area (Å²) in [5.74, 6) is -2.35. The number of benzene rings is 2. The summed E-state index contributed by atoms with van der Waals surface area (Å²) >= 11 is 0. The van der Waals surface area contributed by atoms with E-state index in [0.29, 0.717) is 27.7 Å². The van der Waals surface area contributed by atoms with Crippen LogP contribution in [0.15, 0.2) is 61.1 Å². The third-order valence-corrected chi connectivity index (χ3v) is 4.93. The molecule has 2 aromatic carbocycles. The van der Waals surface area contributed by atoms with Crippen LogP contribution >= 0.6 is 0 Å². The summed E-state index contributed by atoms with van der Waals surface area (Å²) in [5.41, 5.74) is 2.10. The van der Waals surface area contributed by atoms with Crippen molar-refractivity contribution < 1.29 is 19.8 Å². The van der Waals surface area contributed by atoms with E-state index >= 15 is 0 Å². The van der Waals surface area contributed by atoms with Crippen LogP contribution < -0.4 is 5.32 Å². The number of carbonyl (C=O) groups excluding carboxylic acids is 1. The fraction of sp³-hybridized carbons (Fsp3) is 0.0476. The van der Waals surface area contributed by atoms with E-state index in [1.165, 1.54) is 10.8 Å². The molecule has 1 amide bonds. The minimum absolute atomic E-state index is 0.212. The lowest BCUT2D eigenvalue weighted by atomic mass is 10.0. The van der Waals surface area contributed by atoms with Gasteiger partial charge >= 0.3 is 5.97 Å². The molecule has 0 spiro atoms. The van der Waals surface area contributed by atoms with Crippen molar-refractivity contribution in [3.63, 3.8) is 0 Å². The summed E-state index contributed by atoms with van der Waals surface area (Å²) in [4.78, 5) is 27.7. The summed E-state index contributed by atoms with van der Waals surface area (Å²) in [6.45, 7) is -0.602. The van der Waals surface area contributed by atoms with E-state index in [1.54, 1.807) is 29.1 Å². The van der Waals surface area contributed by atoms with Gasteiger partial charge in [0.05, 0.1) is 11.9 Å². The smallest absolute Gasteiger partial charge is 0.322 e. The SMILES string of the molecule is O=C(O)CNC(=O)c1c(O)c2cccc(-c3cn(-c4ccccc4)nn3)c2c2ncnn12. The van der Waals surface area contributed by atoms with Crippen LogP contribution in [0, 0.1) is 0 Å². The minimum atomic E-state index is -1.21. The topological polar surface area (TPSA) is 148 Å². The van der Waals surface area contributed by atoms with E-state index in [9.17, 15) is 14.7 Å². The van der Waals surface area contributed by atoms with Crippen LogP contribution in [0.2, 0.25) is 0 Å². The third kappa shape index (κ3) is 3.08. The highest BCUT2D eigenvalue weighted by molar-refractivity contribution is 6.11. The first-order valence-corrected chi connectivity index (χ1v) is 9.50. The molecule has 0 aliphatic rings. The van der Waals surface area contributed by atoms with Crippen LogP contribution in [0.5, 0.6) is 5.75 Å². The average molecular weight is 429 g/mol. The summed E-state index contributed by atoms with van der Waals surface area (Å²) in [5, 5.41) is 35.4. The van der Waals surface area contributed by atoms with Crippen LogP contribution in [0.25, 0.3) is 33.4 Å². The molecule has 0 fully saturated rings. The van der Waals surface area contributed by atoms with E-state index in [2.05, 4.69) is 25.7 Å². The first kappa shape index (κ1) is 19.2. The molecule has 0 aliphatic heterocycles. The van der Waals surface area contributed by atoms with Crippen LogP contribution in [-0.4, -0.2) is 58.2 Å². The van der Waals surface area contributed by atoms with Crippen LogP contribution in [0.3, 0.4) is 0 Å². The number of pyridine rings is 1. The molecule has 11 nitrogen and oxygen atoms in total. The Bertz CT molecular complexity index is 1490. The minimum Gasteiger partial charge on any atom is -0.505 e. The normalized spacial score (nSPS) is 11.1. The molecular weight excluding hydrogens is 414 g/mol. The number of aromatic nitrogens is 6. The number of nitrogens with one attached hydrogen (secondary N) is 1. The van der Waals surface area contributed by atoms with Gasteiger partial charge < -0.3 is 15.5 Å². The number of carbonyl (C=O) groups is 2. The van der Waals surface area contributed by atoms with E-state index < -0.39 is 18.4 Å². The van der Waals surface area contributed by atoms with Gasteiger partial charge in [-0.05, 0) is 12.1 Å². The molecule has 5 rings (SSSR count). The highest BCUT2D eigenvalue weighted by Crippen LogP contribution is 2.37. The lowest BCUT2D eigenvalue weighted by Gasteiger charge is -2.12. The Hall–Kier alpha value is -4.80. The van der Waals surface area contributed by atoms with Crippen molar-refractivity contribution in [3.8, 4) is 22.7 Å². The van der Waals surface area contributed by atoms with Gasteiger partial charge in [-0.25, -0.2) is 14.2 Å². The van der Waals surface area contributed by atoms with Gasteiger partial charge in [0.1, 0.15) is 18.6 Å². The second-order valence-corrected chi connectivity index (χ2v) is 6.88. The van der Waals surface area contributed by atoms with Gasteiger partial charge in [0, 0.05) is 16.3 Å². The van der Waals surface area contributed by atoms with Crippen LogP contribution in [0.4, 0.5) is 0 Å². The van der Waals surface area contributed by atoms with Crippen molar-refractivity contribution in [2.75, 3.05) is 6.54 Å². The Balaban J connectivity index is 1.70. The van der Waals surface area contributed by atoms with Crippen molar-refractivity contribution in [3.05, 3.63) is 66.7 Å². The van der Waals surface area contributed by atoms with Gasteiger partial charge in [0.2, 0.25) is 0 Å².